The molecule has 0 heterocycles. The van der Waals surface area contributed by atoms with Crippen molar-refractivity contribution < 1.29 is 9.90 Å². The fourth-order valence-corrected chi connectivity index (χ4v) is 2.87. The Morgan fingerprint density at radius 1 is 1.38 bits per heavy atom. The third kappa shape index (κ3) is 9.46. The number of hydrogen-bond donors (Lipinski definition) is 3. The van der Waals surface area contributed by atoms with Crippen LogP contribution in [0.4, 0.5) is 4.79 Å². The van der Waals surface area contributed by atoms with Gasteiger partial charge in [0.1, 0.15) is 0 Å². The van der Waals surface area contributed by atoms with Crippen LogP contribution in [0.2, 0.25) is 0 Å². The van der Waals surface area contributed by atoms with Crippen LogP contribution in [0.3, 0.4) is 0 Å². The highest BCUT2D eigenvalue weighted by Gasteiger charge is 2.22. The average molecular weight is 359 g/mol. The van der Waals surface area contributed by atoms with Crippen molar-refractivity contribution in [1.82, 2.24) is 10.6 Å². The smallest absolute Gasteiger partial charge is 0.215 e. The first-order chi connectivity index (χ1) is 12.3. The first-order valence-corrected chi connectivity index (χ1v) is 9.05. The molecule has 26 heavy (non-hydrogen) atoms. The zero-order chi connectivity index (χ0) is 19.4. The van der Waals surface area contributed by atoms with Crippen molar-refractivity contribution in [2.75, 3.05) is 19.6 Å². The van der Waals surface area contributed by atoms with Crippen LogP contribution >= 0.6 is 0 Å². The summed E-state index contributed by atoms with van der Waals surface area (Å²) in [4.78, 5) is 14.2. The minimum Gasteiger partial charge on any atom is -0.390 e. The van der Waals surface area contributed by atoms with Crippen molar-refractivity contribution in [2.24, 2.45) is 10.5 Å². The molecule has 8 heteroatoms. The van der Waals surface area contributed by atoms with Crippen LogP contribution in [-0.2, 0) is 6.42 Å². The number of nitrogens with zero attached hydrogens (tertiary/aromatic N) is 3. The van der Waals surface area contributed by atoms with E-state index in [1.54, 1.807) is 0 Å². The number of hydrogen-bond acceptors (Lipinski definition) is 4. The number of azide groups is 1. The summed E-state index contributed by atoms with van der Waals surface area (Å²) in [7, 11) is 1.46. The van der Waals surface area contributed by atoms with E-state index < -0.39 is 6.10 Å². The number of benzene rings is 1. The molecular formula is C18H30BN5O2. The predicted octanol–water partition coefficient (Wildman–Crippen LogP) is 2.01. The van der Waals surface area contributed by atoms with Crippen molar-refractivity contribution in [3.8, 4) is 0 Å². The van der Waals surface area contributed by atoms with Gasteiger partial charge in [-0.05, 0) is 35.8 Å². The lowest BCUT2D eigenvalue weighted by atomic mass is 9.87. The second-order valence-electron chi connectivity index (χ2n) is 7.42. The van der Waals surface area contributed by atoms with E-state index >= 15 is 0 Å². The molecule has 0 unspecified atom stereocenters. The van der Waals surface area contributed by atoms with Gasteiger partial charge in [-0.3, -0.25) is 4.79 Å². The molecule has 1 aromatic rings. The van der Waals surface area contributed by atoms with E-state index in [0.29, 0.717) is 19.5 Å². The molecule has 0 aliphatic heterocycles. The molecule has 0 aliphatic carbocycles. The quantitative estimate of drug-likeness (QED) is 0.175. The Morgan fingerprint density at radius 3 is 2.69 bits per heavy atom. The fraction of sp³-hybridized carbons (Fsp3) is 0.611. The van der Waals surface area contributed by atoms with Crippen molar-refractivity contribution in [3.63, 3.8) is 0 Å². The first-order valence-electron chi connectivity index (χ1n) is 9.05. The Hall–Kier alpha value is -2.02. The molecule has 0 aromatic heterocycles. The number of carbonyl (C=O) groups is 1. The Kier molecular flexibility index (Phi) is 9.80. The monoisotopic (exact) mass is 359 g/mol. The summed E-state index contributed by atoms with van der Waals surface area (Å²) in [5.41, 5.74) is 9.41. The zero-order valence-corrected chi connectivity index (χ0v) is 16.0. The zero-order valence-electron chi connectivity index (χ0n) is 16.0. The van der Waals surface area contributed by atoms with Gasteiger partial charge in [0.05, 0.1) is 12.1 Å². The molecule has 0 saturated carbocycles. The SMILES string of the molecule is BC(=O)N[C@@H](Cc1ccccc1)[C@H](O)CNCC(C)(C)CCCN=[N+]=[N-]. The van der Waals surface area contributed by atoms with Crippen LogP contribution in [0.1, 0.15) is 32.3 Å². The van der Waals surface area contributed by atoms with E-state index in [1.165, 1.54) is 7.85 Å². The lowest BCUT2D eigenvalue weighted by molar-refractivity contribution is 0.125. The number of nitrogens with one attached hydrogen (secondary N) is 2. The van der Waals surface area contributed by atoms with Gasteiger partial charge in [0.15, 0.2) is 5.81 Å². The Labute approximate surface area is 156 Å². The molecule has 142 valence electrons. The van der Waals surface area contributed by atoms with E-state index in [2.05, 4.69) is 34.5 Å². The maximum absolute atomic E-state index is 11.5. The largest absolute Gasteiger partial charge is 0.390 e. The van der Waals surface area contributed by atoms with Crippen LogP contribution in [0.25, 0.3) is 10.4 Å². The van der Waals surface area contributed by atoms with Crippen molar-refractivity contribution in [2.45, 2.75) is 45.3 Å². The second-order valence-corrected chi connectivity index (χ2v) is 7.42. The molecule has 0 fully saturated rings. The molecule has 0 spiro atoms. The lowest BCUT2D eigenvalue weighted by Gasteiger charge is -2.28. The standard InChI is InChI=1S/C18H30BN5O2/c1-18(2,9-6-10-22-24-20)13-21-12-16(25)15(23-17(19)26)11-14-7-4-3-5-8-14/h3-5,7-8,15-16,21,25H,6,9-13,19H2,1-2H3,(H,23,26)/t15-,16+/m0/s1. The normalized spacial score (nSPS) is 13.5. The van der Waals surface area contributed by atoms with Gasteiger partial charge in [0.2, 0.25) is 7.85 Å². The van der Waals surface area contributed by atoms with Gasteiger partial charge in [0, 0.05) is 24.5 Å². The summed E-state index contributed by atoms with van der Waals surface area (Å²) in [6.45, 7) is 5.91. The van der Waals surface area contributed by atoms with E-state index in [1.807, 2.05) is 30.3 Å². The van der Waals surface area contributed by atoms with Gasteiger partial charge in [0.25, 0.3) is 0 Å². The summed E-state index contributed by atoms with van der Waals surface area (Å²) < 4.78 is 0. The Morgan fingerprint density at radius 2 is 2.08 bits per heavy atom. The Bertz CT molecular complexity index is 591. The summed E-state index contributed by atoms with van der Waals surface area (Å²) in [5, 5.41) is 20.2. The molecule has 0 radical (unpaired) electrons. The van der Waals surface area contributed by atoms with Gasteiger partial charge in [-0.15, -0.1) is 0 Å². The average Bonchev–Trinajstić information content (AvgIpc) is 2.58. The van der Waals surface area contributed by atoms with Gasteiger partial charge in [-0.1, -0.05) is 49.3 Å². The number of amides is 1. The number of aliphatic hydroxyl groups is 1. The van der Waals surface area contributed by atoms with Crippen LogP contribution in [-0.4, -0.2) is 50.5 Å². The first kappa shape index (κ1) is 22.0. The summed E-state index contributed by atoms with van der Waals surface area (Å²) >= 11 is 0. The van der Waals surface area contributed by atoms with E-state index in [9.17, 15) is 9.90 Å². The van der Waals surface area contributed by atoms with Gasteiger partial charge < -0.3 is 15.7 Å². The van der Waals surface area contributed by atoms with E-state index in [0.717, 1.165) is 24.9 Å². The molecule has 7 nitrogen and oxygen atoms in total. The lowest BCUT2D eigenvalue weighted by Crippen LogP contribution is -2.49. The highest BCUT2D eigenvalue weighted by Crippen LogP contribution is 2.21. The van der Waals surface area contributed by atoms with Gasteiger partial charge in [-0.25, -0.2) is 0 Å². The maximum atomic E-state index is 11.5. The van der Waals surface area contributed by atoms with E-state index in [4.69, 9.17) is 5.53 Å². The van der Waals surface area contributed by atoms with Gasteiger partial charge in [-0.2, -0.15) is 0 Å². The van der Waals surface area contributed by atoms with Crippen LogP contribution < -0.4 is 10.6 Å². The highest BCUT2D eigenvalue weighted by molar-refractivity contribution is 6.57. The molecule has 0 bridgehead atoms. The Balaban J connectivity index is 2.48. The molecular weight excluding hydrogens is 329 g/mol. The van der Waals surface area contributed by atoms with Crippen molar-refractivity contribution in [1.29, 1.82) is 0 Å². The maximum Gasteiger partial charge on any atom is 0.215 e. The molecule has 1 amide bonds. The van der Waals surface area contributed by atoms with Crippen LogP contribution in [0, 0.1) is 5.41 Å². The molecule has 0 aliphatic rings. The minimum absolute atomic E-state index is 0.0353. The van der Waals surface area contributed by atoms with Crippen LogP contribution in [0.5, 0.6) is 0 Å². The minimum atomic E-state index is -0.682. The highest BCUT2D eigenvalue weighted by atomic mass is 16.3. The van der Waals surface area contributed by atoms with Crippen molar-refractivity contribution >= 4 is 13.7 Å². The molecule has 1 rings (SSSR count). The van der Waals surface area contributed by atoms with Crippen LogP contribution in [0.15, 0.2) is 35.4 Å². The predicted molar refractivity (Wildman–Crippen MR) is 107 cm³/mol. The third-order valence-electron chi connectivity index (χ3n) is 4.28. The van der Waals surface area contributed by atoms with Gasteiger partial charge >= 0.3 is 0 Å². The number of rotatable bonds is 12. The molecule has 3 N–H and O–H groups in total. The third-order valence-corrected chi connectivity index (χ3v) is 4.28. The number of carbonyl (C=O) groups excluding carboxylic acids is 1. The summed E-state index contributed by atoms with van der Waals surface area (Å²) in [6.07, 6.45) is 1.66. The second kappa shape index (κ2) is 11.6. The number of aliphatic hydroxyl groups excluding tert-OH is 1. The topological polar surface area (TPSA) is 110 Å². The summed E-state index contributed by atoms with van der Waals surface area (Å²) in [6, 6.07) is 9.48. The summed E-state index contributed by atoms with van der Waals surface area (Å²) in [5.74, 6) is -0.150. The molecule has 2 atom stereocenters. The molecule has 0 saturated heterocycles. The van der Waals surface area contributed by atoms with E-state index in [-0.39, 0.29) is 17.3 Å². The van der Waals surface area contributed by atoms with Crippen molar-refractivity contribution in [3.05, 3.63) is 46.3 Å². The molecule has 1 aromatic carbocycles. The fourth-order valence-electron chi connectivity index (χ4n) is 2.87.